The van der Waals surface area contributed by atoms with E-state index in [1.165, 1.54) is 0 Å². The number of para-hydroxylation sites is 1. The molecule has 0 aliphatic rings. The van der Waals surface area contributed by atoms with Gasteiger partial charge in [0, 0.05) is 7.05 Å². The molecule has 0 fully saturated rings. The highest BCUT2D eigenvalue weighted by atomic mass is 32.1. The van der Waals surface area contributed by atoms with Crippen LogP contribution in [0.3, 0.4) is 0 Å². The number of nitrogens with zero attached hydrogens (tertiary/aromatic N) is 1. The van der Waals surface area contributed by atoms with Gasteiger partial charge in [0.1, 0.15) is 11.3 Å². The highest BCUT2D eigenvalue weighted by molar-refractivity contribution is 7.71. The van der Waals surface area contributed by atoms with E-state index in [-0.39, 0.29) is 0 Å². The maximum Gasteiger partial charge on any atom is 0.177 e. The third-order valence-electron chi connectivity index (χ3n) is 2.12. The predicted molar refractivity (Wildman–Crippen MR) is 54.7 cm³/mol. The average Bonchev–Trinajstić information content (AvgIpc) is 2.43. The number of ether oxygens (including phenoxy) is 1. The Hall–Kier alpha value is -1.29. The van der Waals surface area contributed by atoms with E-state index in [0.717, 1.165) is 16.8 Å². The van der Waals surface area contributed by atoms with Crippen molar-refractivity contribution in [3.8, 4) is 5.75 Å². The van der Waals surface area contributed by atoms with Crippen molar-refractivity contribution >= 4 is 23.3 Å². The van der Waals surface area contributed by atoms with Crippen molar-refractivity contribution in [2.75, 3.05) is 7.11 Å². The van der Waals surface area contributed by atoms with Crippen molar-refractivity contribution in [2.45, 2.75) is 0 Å². The molecular weight excluding hydrogens is 184 g/mol. The van der Waals surface area contributed by atoms with Gasteiger partial charge in [-0.1, -0.05) is 6.07 Å². The molecule has 0 unspecified atom stereocenters. The van der Waals surface area contributed by atoms with Gasteiger partial charge in [0.2, 0.25) is 0 Å². The van der Waals surface area contributed by atoms with Gasteiger partial charge < -0.3 is 14.3 Å². The van der Waals surface area contributed by atoms with Crippen LogP contribution in [-0.4, -0.2) is 16.7 Å². The Morgan fingerprint density at radius 2 is 2.23 bits per heavy atom. The molecule has 4 heteroatoms. The number of fused-ring (bicyclic) bond motifs is 1. The van der Waals surface area contributed by atoms with Crippen LogP contribution in [0.5, 0.6) is 5.75 Å². The Bertz CT molecular complexity index is 498. The number of hydrogen-bond acceptors (Lipinski definition) is 2. The molecule has 0 radical (unpaired) electrons. The number of methoxy groups -OCH3 is 1. The van der Waals surface area contributed by atoms with Crippen LogP contribution in [-0.2, 0) is 7.05 Å². The summed E-state index contributed by atoms with van der Waals surface area (Å²) in [5, 5.41) is 0. The standard InChI is InChI=1S/C9H10N2OS/c1-11-6-4-3-5-7(12-2)8(6)10-9(11)13/h3-5H,1-2H3,(H,10,13). The minimum atomic E-state index is 0.708. The molecule has 0 saturated carbocycles. The lowest BCUT2D eigenvalue weighted by Gasteiger charge is -2.00. The molecule has 3 nitrogen and oxygen atoms in total. The molecular formula is C9H10N2OS. The number of hydrogen-bond donors (Lipinski definition) is 1. The van der Waals surface area contributed by atoms with E-state index in [1.807, 2.05) is 29.8 Å². The number of aryl methyl sites for hydroxylation is 1. The summed E-state index contributed by atoms with van der Waals surface area (Å²) in [7, 11) is 3.58. The Labute approximate surface area is 81.0 Å². The summed E-state index contributed by atoms with van der Waals surface area (Å²) in [5.74, 6) is 0.823. The first-order valence-electron chi connectivity index (χ1n) is 3.95. The molecule has 0 amide bonds. The van der Waals surface area contributed by atoms with Gasteiger partial charge in [0.05, 0.1) is 12.6 Å². The Morgan fingerprint density at radius 3 is 2.92 bits per heavy atom. The summed E-state index contributed by atoms with van der Waals surface area (Å²) in [6.07, 6.45) is 0. The number of nitrogens with one attached hydrogen (secondary N) is 1. The number of aromatic amines is 1. The molecule has 0 atom stereocenters. The van der Waals surface area contributed by atoms with Crippen molar-refractivity contribution in [3.63, 3.8) is 0 Å². The molecule has 0 saturated heterocycles. The molecule has 1 aromatic heterocycles. The maximum absolute atomic E-state index is 5.20. The largest absolute Gasteiger partial charge is 0.494 e. The third-order valence-corrected chi connectivity index (χ3v) is 2.50. The number of aromatic nitrogens is 2. The van der Waals surface area contributed by atoms with Crippen molar-refractivity contribution in [1.82, 2.24) is 9.55 Å². The molecule has 2 aromatic rings. The summed E-state index contributed by atoms with van der Waals surface area (Å²) < 4.78 is 7.84. The second kappa shape index (κ2) is 2.88. The van der Waals surface area contributed by atoms with Crippen LogP contribution in [0, 0.1) is 4.77 Å². The first-order chi connectivity index (χ1) is 6.24. The van der Waals surface area contributed by atoms with E-state index < -0.39 is 0 Å². The van der Waals surface area contributed by atoms with Gasteiger partial charge in [-0.15, -0.1) is 0 Å². The molecule has 0 aliphatic carbocycles. The molecule has 0 spiro atoms. The van der Waals surface area contributed by atoms with Crippen LogP contribution in [0.4, 0.5) is 0 Å². The summed E-state index contributed by atoms with van der Waals surface area (Å²) in [6, 6.07) is 5.86. The number of benzene rings is 1. The minimum absolute atomic E-state index is 0.708. The first-order valence-corrected chi connectivity index (χ1v) is 4.36. The van der Waals surface area contributed by atoms with E-state index in [4.69, 9.17) is 17.0 Å². The highest BCUT2D eigenvalue weighted by Gasteiger charge is 2.04. The van der Waals surface area contributed by atoms with Gasteiger partial charge in [0.15, 0.2) is 4.77 Å². The molecule has 13 heavy (non-hydrogen) atoms. The quantitative estimate of drug-likeness (QED) is 0.706. The zero-order valence-electron chi connectivity index (χ0n) is 7.50. The van der Waals surface area contributed by atoms with Crippen LogP contribution in [0.25, 0.3) is 11.0 Å². The van der Waals surface area contributed by atoms with Crippen LogP contribution in [0.1, 0.15) is 0 Å². The smallest absolute Gasteiger partial charge is 0.177 e. The number of H-pyrrole nitrogens is 1. The zero-order chi connectivity index (χ0) is 9.42. The van der Waals surface area contributed by atoms with Crippen molar-refractivity contribution < 1.29 is 4.74 Å². The van der Waals surface area contributed by atoms with Crippen LogP contribution < -0.4 is 4.74 Å². The Kier molecular flexibility index (Phi) is 1.84. The third kappa shape index (κ3) is 1.14. The Morgan fingerprint density at radius 1 is 1.46 bits per heavy atom. The second-order valence-corrected chi connectivity index (χ2v) is 3.23. The predicted octanol–water partition coefficient (Wildman–Crippen LogP) is 2.24. The van der Waals surface area contributed by atoms with Crippen molar-refractivity contribution in [2.24, 2.45) is 7.05 Å². The normalized spacial score (nSPS) is 10.6. The van der Waals surface area contributed by atoms with Gasteiger partial charge in [-0.05, 0) is 24.4 Å². The summed E-state index contributed by atoms with van der Waals surface area (Å²) in [6.45, 7) is 0. The molecule has 1 N–H and O–H groups in total. The SMILES string of the molecule is COc1cccc2c1[nH]c(=S)n2C. The van der Waals surface area contributed by atoms with Crippen LogP contribution >= 0.6 is 12.2 Å². The van der Waals surface area contributed by atoms with Crippen LogP contribution in [0.2, 0.25) is 0 Å². The van der Waals surface area contributed by atoms with E-state index in [2.05, 4.69) is 4.98 Å². The molecule has 0 bridgehead atoms. The van der Waals surface area contributed by atoms with E-state index >= 15 is 0 Å². The summed E-state index contributed by atoms with van der Waals surface area (Å²) >= 11 is 5.11. The highest BCUT2D eigenvalue weighted by Crippen LogP contribution is 2.23. The molecule has 2 rings (SSSR count). The first kappa shape index (κ1) is 8.31. The van der Waals surface area contributed by atoms with Crippen molar-refractivity contribution in [1.29, 1.82) is 0 Å². The summed E-state index contributed by atoms with van der Waals surface area (Å²) in [5.41, 5.74) is 2.02. The van der Waals surface area contributed by atoms with Gasteiger partial charge in [-0.2, -0.15) is 0 Å². The topological polar surface area (TPSA) is 29.9 Å². The van der Waals surface area contributed by atoms with E-state index in [1.54, 1.807) is 7.11 Å². The van der Waals surface area contributed by atoms with Crippen LogP contribution in [0.15, 0.2) is 18.2 Å². The zero-order valence-corrected chi connectivity index (χ0v) is 8.31. The number of rotatable bonds is 1. The fourth-order valence-corrected chi connectivity index (χ4v) is 1.60. The van der Waals surface area contributed by atoms with Gasteiger partial charge in [-0.25, -0.2) is 0 Å². The van der Waals surface area contributed by atoms with E-state index in [9.17, 15) is 0 Å². The van der Waals surface area contributed by atoms with Gasteiger partial charge in [-0.3, -0.25) is 0 Å². The molecule has 1 heterocycles. The molecule has 68 valence electrons. The van der Waals surface area contributed by atoms with Gasteiger partial charge >= 0.3 is 0 Å². The van der Waals surface area contributed by atoms with Crippen molar-refractivity contribution in [3.05, 3.63) is 23.0 Å². The summed E-state index contributed by atoms with van der Waals surface area (Å²) in [4.78, 5) is 3.10. The fraction of sp³-hybridized carbons (Fsp3) is 0.222. The maximum atomic E-state index is 5.20. The lowest BCUT2D eigenvalue weighted by Crippen LogP contribution is -1.87. The number of imidazole rings is 1. The molecule has 0 aliphatic heterocycles. The average molecular weight is 194 g/mol. The van der Waals surface area contributed by atoms with E-state index in [0.29, 0.717) is 4.77 Å². The monoisotopic (exact) mass is 194 g/mol. The van der Waals surface area contributed by atoms with Gasteiger partial charge in [0.25, 0.3) is 0 Å². The lowest BCUT2D eigenvalue weighted by molar-refractivity contribution is 0.419. The minimum Gasteiger partial charge on any atom is -0.494 e. The Balaban J connectivity index is 2.92. The molecule has 1 aromatic carbocycles. The fourth-order valence-electron chi connectivity index (χ4n) is 1.39. The second-order valence-electron chi connectivity index (χ2n) is 2.84. The lowest BCUT2D eigenvalue weighted by atomic mass is 10.3.